The van der Waals surface area contributed by atoms with E-state index >= 15 is 0 Å². The average molecular weight is 426 g/mol. The van der Waals surface area contributed by atoms with Crippen molar-refractivity contribution in [3.63, 3.8) is 0 Å². The van der Waals surface area contributed by atoms with Gasteiger partial charge in [-0.1, -0.05) is 20.8 Å². The third-order valence-corrected chi connectivity index (χ3v) is 7.53. The van der Waals surface area contributed by atoms with Crippen molar-refractivity contribution in [3.8, 4) is 5.75 Å². The summed E-state index contributed by atoms with van der Waals surface area (Å²) in [5, 5.41) is 39.8. The molecule has 1 aromatic carbocycles. The van der Waals surface area contributed by atoms with Crippen LogP contribution >= 0.6 is 0 Å². The molecule has 0 unspecified atom stereocenters. The van der Waals surface area contributed by atoms with Crippen LogP contribution < -0.4 is 4.74 Å². The van der Waals surface area contributed by atoms with Crippen molar-refractivity contribution in [2.75, 3.05) is 13.2 Å². The molecule has 4 N–H and O–H groups in total. The standard InChI is InChI=1S/C22H31FO7/c1-21(2)15-10-28-13-5-4-11(23)8-12(13)22(15,3)7-6-16(21)30-20-19(27)18(26)17(25)14(9-24)29-20/h4-5,8,14-20,24-27H,6-7,9-10H2,1-3H3/t14-,15-,16+,17+,18+,19-,20+,22-/m1/s1. The normalized spacial score (nSPS) is 42.7. The summed E-state index contributed by atoms with van der Waals surface area (Å²) < 4.78 is 31.6. The Morgan fingerprint density at radius 3 is 2.57 bits per heavy atom. The molecule has 8 atom stereocenters. The van der Waals surface area contributed by atoms with E-state index in [0.717, 1.165) is 12.0 Å². The molecule has 0 spiro atoms. The smallest absolute Gasteiger partial charge is 0.186 e. The third kappa shape index (κ3) is 3.34. The molecule has 0 bridgehead atoms. The van der Waals surface area contributed by atoms with Crippen LogP contribution in [-0.4, -0.2) is 70.4 Å². The molecule has 3 aliphatic rings. The Morgan fingerprint density at radius 2 is 1.87 bits per heavy atom. The van der Waals surface area contributed by atoms with Gasteiger partial charge in [0.2, 0.25) is 0 Å². The van der Waals surface area contributed by atoms with Crippen LogP contribution in [0.15, 0.2) is 18.2 Å². The van der Waals surface area contributed by atoms with E-state index in [4.69, 9.17) is 14.2 Å². The van der Waals surface area contributed by atoms with E-state index < -0.39 is 42.7 Å². The highest BCUT2D eigenvalue weighted by molar-refractivity contribution is 5.43. The van der Waals surface area contributed by atoms with Gasteiger partial charge in [0, 0.05) is 16.9 Å². The first-order chi connectivity index (χ1) is 14.1. The fourth-order valence-electron chi connectivity index (χ4n) is 5.58. The Bertz CT molecular complexity index is 785. The Kier molecular flexibility index (Phi) is 5.62. The Balaban J connectivity index is 1.57. The van der Waals surface area contributed by atoms with Crippen LogP contribution in [0.2, 0.25) is 0 Å². The zero-order valence-electron chi connectivity index (χ0n) is 17.5. The van der Waals surface area contributed by atoms with E-state index in [-0.39, 0.29) is 23.3 Å². The number of hydrogen-bond acceptors (Lipinski definition) is 7. The van der Waals surface area contributed by atoms with Gasteiger partial charge in [-0.3, -0.25) is 0 Å². The second-order valence-electron chi connectivity index (χ2n) is 9.60. The van der Waals surface area contributed by atoms with Crippen LogP contribution in [0.1, 0.15) is 39.2 Å². The molecular formula is C22H31FO7. The van der Waals surface area contributed by atoms with E-state index in [1.54, 1.807) is 12.1 Å². The summed E-state index contributed by atoms with van der Waals surface area (Å²) in [5.41, 5.74) is 0.141. The summed E-state index contributed by atoms with van der Waals surface area (Å²) in [7, 11) is 0. The number of ether oxygens (including phenoxy) is 3. The van der Waals surface area contributed by atoms with Gasteiger partial charge in [-0.2, -0.15) is 0 Å². The van der Waals surface area contributed by atoms with Crippen molar-refractivity contribution in [1.29, 1.82) is 0 Å². The zero-order valence-corrected chi connectivity index (χ0v) is 17.5. The lowest BCUT2D eigenvalue weighted by Crippen LogP contribution is -2.62. The first kappa shape index (κ1) is 21.9. The fourth-order valence-corrected chi connectivity index (χ4v) is 5.58. The molecule has 2 fully saturated rings. The maximum absolute atomic E-state index is 14.0. The van der Waals surface area contributed by atoms with Crippen molar-refractivity contribution in [2.45, 2.75) is 75.8 Å². The fraction of sp³-hybridized carbons (Fsp3) is 0.727. The number of rotatable bonds is 3. The molecule has 4 rings (SSSR count). The molecule has 7 nitrogen and oxygen atoms in total. The number of fused-ring (bicyclic) bond motifs is 3. The van der Waals surface area contributed by atoms with Gasteiger partial charge in [0.1, 0.15) is 36.0 Å². The molecule has 0 amide bonds. The number of aliphatic hydroxyl groups is 4. The predicted molar refractivity (Wildman–Crippen MR) is 104 cm³/mol. The lowest BCUT2D eigenvalue weighted by atomic mass is 9.52. The van der Waals surface area contributed by atoms with Gasteiger partial charge in [-0.15, -0.1) is 0 Å². The van der Waals surface area contributed by atoms with Gasteiger partial charge in [0.05, 0.1) is 19.3 Å². The lowest BCUT2D eigenvalue weighted by Gasteiger charge is -2.57. The van der Waals surface area contributed by atoms with E-state index in [0.29, 0.717) is 18.8 Å². The van der Waals surface area contributed by atoms with Gasteiger partial charge in [-0.25, -0.2) is 4.39 Å². The maximum Gasteiger partial charge on any atom is 0.186 e. The lowest BCUT2D eigenvalue weighted by molar-refractivity contribution is -0.325. The van der Waals surface area contributed by atoms with Crippen molar-refractivity contribution in [1.82, 2.24) is 0 Å². The number of halogens is 1. The van der Waals surface area contributed by atoms with Crippen molar-refractivity contribution < 1.29 is 39.0 Å². The highest BCUT2D eigenvalue weighted by Crippen LogP contribution is 2.57. The molecule has 1 aliphatic carbocycles. The van der Waals surface area contributed by atoms with Crippen LogP contribution in [0, 0.1) is 17.2 Å². The van der Waals surface area contributed by atoms with Crippen molar-refractivity contribution in [2.24, 2.45) is 11.3 Å². The second kappa shape index (κ2) is 7.69. The SMILES string of the molecule is CC1(C)[C@@H](O[C@@H]2O[C@H](CO)[C@H](O)[C@H](O)[C@H]2O)CC[C@]2(C)c3cc(F)ccc3OC[C@H]12. The molecule has 168 valence electrons. The quantitative estimate of drug-likeness (QED) is 0.573. The summed E-state index contributed by atoms with van der Waals surface area (Å²) in [6, 6.07) is 4.63. The third-order valence-electron chi connectivity index (χ3n) is 7.53. The molecule has 2 aliphatic heterocycles. The maximum atomic E-state index is 14.0. The van der Waals surface area contributed by atoms with Crippen molar-refractivity contribution >= 4 is 0 Å². The minimum absolute atomic E-state index is 0.0166. The van der Waals surface area contributed by atoms with Gasteiger partial charge >= 0.3 is 0 Å². The average Bonchev–Trinajstić information content (AvgIpc) is 2.70. The molecule has 30 heavy (non-hydrogen) atoms. The first-order valence-electron chi connectivity index (χ1n) is 10.5. The van der Waals surface area contributed by atoms with Crippen LogP contribution in [0.4, 0.5) is 4.39 Å². The predicted octanol–water partition coefficient (Wildman–Crippen LogP) is 1.10. The number of aliphatic hydroxyl groups excluding tert-OH is 4. The van der Waals surface area contributed by atoms with E-state index in [1.165, 1.54) is 6.07 Å². The van der Waals surface area contributed by atoms with Gasteiger partial charge in [0.15, 0.2) is 6.29 Å². The highest BCUT2D eigenvalue weighted by Gasteiger charge is 2.56. The van der Waals surface area contributed by atoms with Crippen LogP contribution in [0.25, 0.3) is 0 Å². The van der Waals surface area contributed by atoms with Crippen LogP contribution in [-0.2, 0) is 14.9 Å². The van der Waals surface area contributed by atoms with Crippen LogP contribution in [0.3, 0.4) is 0 Å². The first-order valence-corrected chi connectivity index (χ1v) is 10.5. The molecule has 1 saturated carbocycles. The summed E-state index contributed by atoms with van der Waals surface area (Å²) in [4.78, 5) is 0. The zero-order chi connectivity index (χ0) is 21.8. The van der Waals surface area contributed by atoms with Crippen LogP contribution in [0.5, 0.6) is 5.75 Å². The molecular weight excluding hydrogens is 395 g/mol. The summed E-state index contributed by atoms with van der Waals surface area (Å²) in [5.74, 6) is 0.430. The minimum atomic E-state index is -1.48. The van der Waals surface area contributed by atoms with E-state index in [2.05, 4.69) is 20.8 Å². The topological polar surface area (TPSA) is 109 Å². The molecule has 0 aromatic heterocycles. The van der Waals surface area contributed by atoms with E-state index in [1.807, 2.05) is 0 Å². The monoisotopic (exact) mass is 426 g/mol. The molecule has 8 heteroatoms. The minimum Gasteiger partial charge on any atom is -0.493 e. The Labute approximate surface area is 175 Å². The van der Waals surface area contributed by atoms with Crippen molar-refractivity contribution in [3.05, 3.63) is 29.6 Å². The molecule has 0 radical (unpaired) electrons. The second-order valence-corrected chi connectivity index (χ2v) is 9.60. The largest absolute Gasteiger partial charge is 0.493 e. The van der Waals surface area contributed by atoms with E-state index in [9.17, 15) is 24.8 Å². The number of hydrogen-bond donors (Lipinski definition) is 4. The van der Waals surface area contributed by atoms with Gasteiger partial charge < -0.3 is 34.6 Å². The Morgan fingerprint density at radius 1 is 1.13 bits per heavy atom. The molecule has 2 heterocycles. The summed E-state index contributed by atoms with van der Waals surface area (Å²) in [6.45, 7) is 6.19. The summed E-state index contributed by atoms with van der Waals surface area (Å²) in [6.07, 6.45) is -5.52. The highest BCUT2D eigenvalue weighted by atomic mass is 19.1. The number of benzene rings is 1. The molecule has 1 saturated heterocycles. The summed E-state index contributed by atoms with van der Waals surface area (Å²) >= 11 is 0. The van der Waals surface area contributed by atoms with Gasteiger partial charge in [-0.05, 0) is 36.5 Å². The Hall–Kier alpha value is -1.29. The van der Waals surface area contributed by atoms with Gasteiger partial charge in [0.25, 0.3) is 0 Å². The molecule has 1 aromatic rings.